The molecule has 0 saturated heterocycles. The van der Waals surface area contributed by atoms with Crippen molar-refractivity contribution in [3.05, 3.63) is 92.9 Å². The first kappa shape index (κ1) is 22.3. The van der Waals surface area contributed by atoms with Gasteiger partial charge in [0.05, 0.1) is 23.5 Å². The minimum atomic E-state index is -0.514. The van der Waals surface area contributed by atoms with Gasteiger partial charge in [0.1, 0.15) is 16.4 Å². The minimum absolute atomic E-state index is 0.149. The molecular weight excluding hydrogens is 467 g/mol. The fourth-order valence-electron chi connectivity index (χ4n) is 3.20. The number of methoxy groups -OCH3 is 1. The van der Waals surface area contributed by atoms with E-state index in [0.717, 1.165) is 15.4 Å². The first-order valence-electron chi connectivity index (χ1n) is 9.61. The van der Waals surface area contributed by atoms with Gasteiger partial charge in [0, 0.05) is 9.92 Å². The molecule has 0 aliphatic carbocycles. The largest absolute Gasteiger partial charge is 0.495 e. The summed E-state index contributed by atoms with van der Waals surface area (Å²) in [4.78, 5) is 29.0. The third-order valence-corrected chi connectivity index (χ3v) is 6.43. The highest BCUT2D eigenvalue weighted by atomic mass is 35.5. The predicted molar refractivity (Wildman–Crippen MR) is 130 cm³/mol. The Kier molecular flexibility index (Phi) is 6.46. The molecule has 1 N–H and O–H groups in total. The number of benzene rings is 3. The normalized spacial score (nSPS) is 13.7. The minimum Gasteiger partial charge on any atom is -0.495 e. The van der Waals surface area contributed by atoms with Crippen molar-refractivity contribution in [2.75, 3.05) is 17.3 Å². The van der Waals surface area contributed by atoms with Crippen molar-refractivity contribution in [3.63, 3.8) is 0 Å². The Bertz CT molecular complexity index is 1240. The second kappa shape index (κ2) is 9.28. The van der Waals surface area contributed by atoms with Gasteiger partial charge >= 0.3 is 0 Å². The molecule has 0 saturated carbocycles. The molecular formula is C24H18Cl2N2O3S. The maximum Gasteiger partial charge on any atom is 0.283 e. The standard InChI is InChI=1S/C24H18Cl2N2O3S/c1-14-7-10-16(11-8-14)32-22-21(27-18-5-3-4-6-20(18)31-2)23(29)28(24(22)30)19-12-9-15(25)13-17(19)26/h3-13,27H,1-2H3. The molecule has 1 aliphatic heterocycles. The molecule has 1 heterocycles. The Morgan fingerprint density at radius 3 is 2.34 bits per heavy atom. The highest BCUT2D eigenvalue weighted by Gasteiger charge is 2.41. The lowest BCUT2D eigenvalue weighted by molar-refractivity contribution is -0.120. The Balaban J connectivity index is 1.78. The molecule has 0 unspecified atom stereocenters. The number of halogens is 2. The maximum atomic E-state index is 13.5. The van der Waals surface area contributed by atoms with Crippen molar-refractivity contribution in [1.82, 2.24) is 0 Å². The SMILES string of the molecule is COc1ccccc1NC1=C(Sc2ccc(C)cc2)C(=O)N(c2ccc(Cl)cc2Cl)C1=O. The molecule has 8 heteroatoms. The average Bonchev–Trinajstić information content (AvgIpc) is 3.00. The van der Waals surface area contributed by atoms with E-state index >= 15 is 0 Å². The van der Waals surface area contributed by atoms with Gasteiger partial charge < -0.3 is 10.1 Å². The van der Waals surface area contributed by atoms with Crippen LogP contribution in [0.15, 0.2) is 82.2 Å². The first-order chi connectivity index (χ1) is 15.4. The Hall–Kier alpha value is -2.93. The van der Waals surface area contributed by atoms with Crippen LogP contribution in [0.25, 0.3) is 0 Å². The van der Waals surface area contributed by atoms with E-state index in [4.69, 9.17) is 27.9 Å². The van der Waals surface area contributed by atoms with E-state index in [0.29, 0.717) is 16.5 Å². The molecule has 5 nitrogen and oxygen atoms in total. The van der Waals surface area contributed by atoms with Crippen molar-refractivity contribution in [3.8, 4) is 5.75 Å². The summed E-state index contributed by atoms with van der Waals surface area (Å²) in [6.45, 7) is 1.98. The molecule has 0 spiro atoms. The van der Waals surface area contributed by atoms with Crippen molar-refractivity contribution >= 4 is 58.2 Å². The lowest BCUT2D eigenvalue weighted by atomic mass is 10.2. The second-order valence-electron chi connectivity index (χ2n) is 6.99. The highest BCUT2D eigenvalue weighted by molar-refractivity contribution is 8.04. The summed E-state index contributed by atoms with van der Waals surface area (Å²) in [5.74, 6) is -0.440. The number of amides is 2. The van der Waals surface area contributed by atoms with Crippen LogP contribution in [0, 0.1) is 6.92 Å². The van der Waals surface area contributed by atoms with E-state index in [-0.39, 0.29) is 21.3 Å². The van der Waals surface area contributed by atoms with E-state index in [1.165, 1.54) is 24.9 Å². The molecule has 0 radical (unpaired) electrons. The number of nitrogens with zero attached hydrogens (tertiary/aromatic N) is 1. The van der Waals surface area contributed by atoms with Gasteiger partial charge in [-0.15, -0.1) is 0 Å². The van der Waals surface area contributed by atoms with Crippen molar-refractivity contribution in [2.45, 2.75) is 11.8 Å². The third-order valence-electron chi connectivity index (χ3n) is 4.80. The van der Waals surface area contributed by atoms with E-state index < -0.39 is 11.8 Å². The quantitative estimate of drug-likeness (QED) is 0.416. The van der Waals surface area contributed by atoms with Gasteiger partial charge in [-0.05, 0) is 49.4 Å². The number of aryl methyl sites for hydroxylation is 1. The summed E-state index contributed by atoms with van der Waals surface area (Å²) in [6, 6.07) is 19.5. The number of thioether (sulfide) groups is 1. The third kappa shape index (κ3) is 4.35. The molecule has 32 heavy (non-hydrogen) atoms. The number of para-hydroxylation sites is 2. The maximum absolute atomic E-state index is 13.5. The van der Waals surface area contributed by atoms with E-state index in [9.17, 15) is 9.59 Å². The zero-order valence-electron chi connectivity index (χ0n) is 17.2. The van der Waals surface area contributed by atoms with Gasteiger partial charge in [-0.1, -0.05) is 64.8 Å². The summed E-state index contributed by atoms with van der Waals surface area (Å²) >= 11 is 13.5. The predicted octanol–water partition coefficient (Wildman–Crippen LogP) is 6.30. The molecule has 4 rings (SSSR count). The van der Waals surface area contributed by atoms with Crippen LogP contribution in [-0.2, 0) is 9.59 Å². The highest BCUT2D eigenvalue weighted by Crippen LogP contribution is 2.41. The molecule has 0 atom stereocenters. The number of carbonyl (C=O) groups is 2. The van der Waals surface area contributed by atoms with Crippen LogP contribution < -0.4 is 15.0 Å². The molecule has 2 amide bonds. The fraction of sp³-hybridized carbons (Fsp3) is 0.0833. The molecule has 3 aromatic carbocycles. The number of rotatable bonds is 6. The van der Waals surface area contributed by atoms with Crippen molar-refractivity contribution < 1.29 is 14.3 Å². The number of nitrogens with one attached hydrogen (secondary N) is 1. The van der Waals surface area contributed by atoms with Gasteiger partial charge in [-0.2, -0.15) is 0 Å². The average molecular weight is 485 g/mol. The summed E-state index contributed by atoms with van der Waals surface area (Å²) in [5, 5.41) is 3.72. The molecule has 3 aromatic rings. The van der Waals surface area contributed by atoms with Crippen LogP contribution in [0.3, 0.4) is 0 Å². The number of hydrogen-bond donors (Lipinski definition) is 1. The summed E-state index contributed by atoms with van der Waals surface area (Å²) in [7, 11) is 1.54. The molecule has 1 aliphatic rings. The van der Waals surface area contributed by atoms with Crippen LogP contribution in [0.4, 0.5) is 11.4 Å². The smallest absolute Gasteiger partial charge is 0.283 e. The Morgan fingerprint density at radius 2 is 1.66 bits per heavy atom. The molecule has 0 bridgehead atoms. The lowest BCUT2D eigenvalue weighted by Crippen LogP contribution is -2.32. The number of ether oxygens (including phenoxy) is 1. The second-order valence-corrected chi connectivity index (χ2v) is 8.91. The number of hydrogen-bond acceptors (Lipinski definition) is 5. The van der Waals surface area contributed by atoms with Gasteiger partial charge in [-0.3, -0.25) is 9.59 Å². The van der Waals surface area contributed by atoms with Gasteiger partial charge in [0.2, 0.25) is 0 Å². The van der Waals surface area contributed by atoms with Crippen molar-refractivity contribution in [2.24, 2.45) is 0 Å². The summed E-state index contributed by atoms with van der Waals surface area (Å²) < 4.78 is 5.39. The first-order valence-corrected chi connectivity index (χ1v) is 11.2. The van der Waals surface area contributed by atoms with Crippen LogP contribution >= 0.6 is 35.0 Å². The summed E-state index contributed by atoms with van der Waals surface area (Å²) in [6.07, 6.45) is 0. The van der Waals surface area contributed by atoms with E-state index in [1.807, 2.05) is 43.3 Å². The van der Waals surface area contributed by atoms with Gasteiger partial charge in [0.15, 0.2) is 0 Å². The topological polar surface area (TPSA) is 58.6 Å². The monoisotopic (exact) mass is 484 g/mol. The van der Waals surface area contributed by atoms with Gasteiger partial charge in [-0.25, -0.2) is 4.90 Å². The van der Waals surface area contributed by atoms with E-state index in [2.05, 4.69) is 5.32 Å². The zero-order chi connectivity index (χ0) is 22.8. The molecule has 0 aromatic heterocycles. The van der Waals surface area contributed by atoms with Crippen molar-refractivity contribution in [1.29, 1.82) is 0 Å². The molecule has 162 valence electrons. The number of imide groups is 1. The van der Waals surface area contributed by atoms with Gasteiger partial charge in [0.25, 0.3) is 11.8 Å². The Labute approximate surface area is 200 Å². The fourth-order valence-corrected chi connectivity index (χ4v) is 4.62. The van der Waals surface area contributed by atoms with Crippen LogP contribution in [0.1, 0.15) is 5.56 Å². The van der Waals surface area contributed by atoms with Crippen LogP contribution in [0.2, 0.25) is 10.0 Å². The Morgan fingerprint density at radius 1 is 0.938 bits per heavy atom. The number of anilines is 2. The number of carbonyl (C=O) groups excluding carboxylic acids is 2. The van der Waals surface area contributed by atoms with E-state index in [1.54, 1.807) is 24.3 Å². The molecule has 0 fully saturated rings. The zero-order valence-corrected chi connectivity index (χ0v) is 19.5. The van der Waals surface area contributed by atoms with Crippen LogP contribution in [0.5, 0.6) is 5.75 Å². The lowest BCUT2D eigenvalue weighted by Gasteiger charge is -2.17. The summed E-state index contributed by atoms with van der Waals surface area (Å²) in [5.41, 5.74) is 2.08. The van der Waals surface area contributed by atoms with Crippen LogP contribution in [-0.4, -0.2) is 18.9 Å².